The van der Waals surface area contributed by atoms with Gasteiger partial charge >= 0.3 is 0 Å². The maximum atomic E-state index is 13.0. The molecule has 0 bridgehead atoms. The highest BCUT2D eigenvalue weighted by molar-refractivity contribution is 5.79. The first-order valence-electron chi connectivity index (χ1n) is 7.84. The highest BCUT2D eigenvalue weighted by Gasteiger charge is 2.11. The molecule has 0 aliphatic rings. The standard InChI is InChI=1S/C20H14N4O/c25-20-16-7-1-2-8-17(16)23-19(11-10-15-6-5-12-21-14-15)24(20)18-9-3-4-13-22-18/h1-14H/b11-10+. The van der Waals surface area contributed by atoms with Crippen LogP contribution < -0.4 is 5.56 Å². The third kappa shape index (κ3) is 2.95. The van der Waals surface area contributed by atoms with Gasteiger partial charge in [0.05, 0.1) is 10.9 Å². The minimum Gasteiger partial charge on any atom is -0.268 e. The molecule has 0 N–H and O–H groups in total. The summed E-state index contributed by atoms with van der Waals surface area (Å²) in [7, 11) is 0. The van der Waals surface area contributed by atoms with Crippen LogP contribution in [0.4, 0.5) is 0 Å². The second-order valence-corrected chi connectivity index (χ2v) is 5.44. The average molecular weight is 326 g/mol. The van der Waals surface area contributed by atoms with Crippen LogP contribution in [0.5, 0.6) is 0 Å². The molecule has 0 radical (unpaired) electrons. The van der Waals surface area contributed by atoms with Crippen molar-refractivity contribution >= 4 is 23.1 Å². The molecule has 0 saturated carbocycles. The number of aromatic nitrogens is 4. The summed E-state index contributed by atoms with van der Waals surface area (Å²) in [5.74, 6) is 1.06. The van der Waals surface area contributed by atoms with E-state index in [-0.39, 0.29) is 5.56 Å². The van der Waals surface area contributed by atoms with Crippen molar-refractivity contribution in [3.8, 4) is 5.82 Å². The van der Waals surface area contributed by atoms with Crippen LogP contribution in [0.25, 0.3) is 28.9 Å². The van der Waals surface area contributed by atoms with Crippen LogP contribution in [-0.2, 0) is 0 Å². The summed E-state index contributed by atoms with van der Waals surface area (Å²) in [4.78, 5) is 26.0. The largest absolute Gasteiger partial charge is 0.268 e. The van der Waals surface area contributed by atoms with Crippen LogP contribution >= 0.6 is 0 Å². The molecule has 0 spiro atoms. The molecule has 5 heteroatoms. The molecule has 0 unspecified atom stereocenters. The van der Waals surface area contributed by atoms with Crippen LogP contribution in [0.1, 0.15) is 11.4 Å². The van der Waals surface area contributed by atoms with E-state index in [2.05, 4.69) is 15.0 Å². The Morgan fingerprint density at radius 1 is 0.880 bits per heavy atom. The van der Waals surface area contributed by atoms with Gasteiger partial charge in [-0.25, -0.2) is 14.5 Å². The molecule has 4 aromatic rings. The number of pyridine rings is 2. The van der Waals surface area contributed by atoms with Gasteiger partial charge in [0.2, 0.25) is 0 Å². The van der Waals surface area contributed by atoms with E-state index in [4.69, 9.17) is 0 Å². The number of hydrogen-bond acceptors (Lipinski definition) is 4. The molecule has 1 aromatic carbocycles. The molecular weight excluding hydrogens is 312 g/mol. The molecule has 0 aliphatic carbocycles. The van der Waals surface area contributed by atoms with E-state index >= 15 is 0 Å². The van der Waals surface area contributed by atoms with Crippen LogP contribution in [-0.4, -0.2) is 19.5 Å². The first-order valence-corrected chi connectivity index (χ1v) is 7.84. The molecule has 0 atom stereocenters. The summed E-state index contributed by atoms with van der Waals surface area (Å²) in [6.07, 6.45) is 8.81. The Labute approximate surface area is 144 Å². The van der Waals surface area contributed by atoms with Gasteiger partial charge in [-0.15, -0.1) is 0 Å². The van der Waals surface area contributed by atoms with E-state index in [0.717, 1.165) is 5.56 Å². The fraction of sp³-hybridized carbons (Fsp3) is 0. The number of nitrogens with zero attached hydrogens (tertiary/aromatic N) is 4. The minimum absolute atomic E-state index is 0.143. The lowest BCUT2D eigenvalue weighted by Gasteiger charge is -2.10. The first-order chi connectivity index (χ1) is 12.3. The Balaban J connectivity index is 1.96. The van der Waals surface area contributed by atoms with E-state index in [9.17, 15) is 4.79 Å². The summed E-state index contributed by atoms with van der Waals surface area (Å²) in [5.41, 5.74) is 1.44. The van der Waals surface area contributed by atoms with E-state index in [1.54, 1.807) is 36.8 Å². The van der Waals surface area contributed by atoms with E-state index in [1.807, 2.05) is 48.5 Å². The lowest BCUT2D eigenvalue weighted by Crippen LogP contribution is -2.23. The molecule has 25 heavy (non-hydrogen) atoms. The number of benzene rings is 1. The fourth-order valence-corrected chi connectivity index (χ4v) is 2.61. The minimum atomic E-state index is -0.143. The van der Waals surface area contributed by atoms with Gasteiger partial charge < -0.3 is 0 Å². The summed E-state index contributed by atoms with van der Waals surface area (Å²) in [6.45, 7) is 0. The van der Waals surface area contributed by atoms with Crippen molar-refractivity contribution in [1.82, 2.24) is 19.5 Å². The van der Waals surface area contributed by atoms with Gasteiger partial charge in [0.15, 0.2) is 0 Å². The van der Waals surface area contributed by atoms with Crippen molar-refractivity contribution in [1.29, 1.82) is 0 Å². The average Bonchev–Trinajstić information content (AvgIpc) is 2.68. The van der Waals surface area contributed by atoms with Crippen LogP contribution in [0.15, 0.2) is 78.0 Å². The van der Waals surface area contributed by atoms with Crippen molar-refractivity contribution in [2.75, 3.05) is 0 Å². The highest BCUT2D eigenvalue weighted by atomic mass is 16.1. The highest BCUT2D eigenvalue weighted by Crippen LogP contribution is 2.13. The number of hydrogen-bond donors (Lipinski definition) is 0. The molecule has 0 aliphatic heterocycles. The lowest BCUT2D eigenvalue weighted by molar-refractivity contribution is 0.905. The molecule has 0 amide bonds. The quantitative estimate of drug-likeness (QED) is 0.579. The zero-order chi connectivity index (χ0) is 17.1. The van der Waals surface area contributed by atoms with Crippen molar-refractivity contribution in [2.24, 2.45) is 0 Å². The van der Waals surface area contributed by atoms with Crippen molar-refractivity contribution in [2.45, 2.75) is 0 Å². The molecule has 5 nitrogen and oxygen atoms in total. The first kappa shape index (κ1) is 15.0. The lowest BCUT2D eigenvalue weighted by atomic mass is 10.2. The maximum absolute atomic E-state index is 13.0. The van der Waals surface area contributed by atoms with Gasteiger partial charge in [-0.05, 0) is 48.0 Å². The fourth-order valence-electron chi connectivity index (χ4n) is 2.61. The SMILES string of the molecule is O=c1c2ccccc2nc(/C=C/c2cccnc2)n1-c1ccccn1. The molecular formula is C20H14N4O. The van der Waals surface area contributed by atoms with E-state index in [1.165, 1.54) is 4.57 Å². The Kier molecular flexibility index (Phi) is 3.88. The number of rotatable bonds is 3. The van der Waals surface area contributed by atoms with Gasteiger partial charge in [0.25, 0.3) is 5.56 Å². The van der Waals surface area contributed by atoms with Gasteiger partial charge in [-0.1, -0.05) is 24.3 Å². The van der Waals surface area contributed by atoms with Gasteiger partial charge in [0, 0.05) is 18.6 Å². The van der Waals surface area contributed by atoms with Crippen molar-refractivity contribution in [3.05, 3.63) is 94.9 Å². The van der Waals surface area contributed by atoms with Crippen LogP contribution in [0, 0.1) is 0 Å². The topological polar surface area (TPSA) is 60.7 Å². The summed E-state index contributed by atoms with van der Waals surface area (Å²) >= 11 is 0. The zero-order valence-electron chi connectivity index (χ0n) is 13.3. The third-order valence-electron chi connectivity index (χ3n) is 3.79. The summed E-state index contributed by atoms with van der Waals surface area (Å²) in [5, 5.41) is 0.562. The number of fused-ring (bicyclic) bond motifs is 1. The predicted molar refractivity (Wildman–Crippen MR) is 98.3 cm³/mol. The van der Waals surface area contributed by atoms with E-state index < -0.39 is 0 Å². The smallest absolute Gasteiger partial charge is 0.267 e. The Morgan fingerprint density at radius 2 is 1.76 bits per heavy atom. The second kappa shape index (κ2) is 6.49. The molecule has 4 rings (SSSR count). The predicted octanol–water partition coefficient (Wildman–Crippen LogP) is 3.35. The monoisotopic (exact) mass is 326 g/mol. The molecule has 0 fully saturated rings. The maximum Gasteiger partial charge on any atom is 0.267 e. The molecule has 0 saturated heterocycles. The second-order valence-electron chi connectivity index (χ2n) is 5.44. The Hall–Kier alpha value is -3.60. The zero-order valence-corrected chi connectivity index (χ0v) is 13.3. The van der Waals surface area contributed by atoms with E-state index in [0.29, 0.717) is 22.5 Å². The molecule has 3 aromatic heterocycles. The Morgan fingerprint density at radius 3 is 2.56 bits per heavy atom. The molecule has 3 heterocycles. The van der Waals surface area contributed by atoms with Crippen molar-refractivity contribution in [3.63, 3.8) is 0 Å². The summed E-state index contributed by atoms with van der Waals surface area (Å²) < 4.78 is 1.52. The van der Waals surface area contributed by atoms with Gasteiger partial charge in [-0.2, -0.15) is 0 Å². The van der Waals surface area contributed by atoms with Crippen molar-refractivity contribution < 1.29 is 0 Å². The van der Waals surface area contributed by atoms with Gasteiger partial charge in [0.1, 0.15) is 11.6 Å². The van der Waals surface area contributed by atoms with Crippen LogP contribution in [0.2, 0.25) is 0 Å². The van der Waals surface area contributed by atoms with Gasteiger partial charge in [-0.3, -0.25) is 9.78 Å². The summed E-state index contributed by atoms with van der Waals surface area (Å²) in [6, 6.07) is 16.6. The normalized spacial score (nSPS) is 11.2. The Bertz CT molecular complexity index is 1100. The number of para-hydroxylation sites is 1. The van der Waals surface area contributed by atoms with Crippen LogP contribution in [0.3, 0.4) is 0 Å². The third-order valence-corrected chi connectivity index (χ3v) is 3.79. The molecule has 120 valence electrons.